The topological polar surface area (TPSA) is 0 Å². The summed E-state index contributed by atoms with van der Waals surface area (Å²) < 4.78 is 1.24. The fraction of sp³-hybridized carbons (Fsp3) is 0.750. The van der Waals surface area contributed by atoms with Crippen molar-refractivity contribution in [3.05, 3.63) is 10.6 Å². The molecule has 0 heterocycles. The van der Waals surface area contributed by atoms with Gasteiger partial charge in [-0.25, -0.2) is 0 Å². The van der Waals surface area contributed by atoms with Gasteiger partial charge in [0.15, 0.2) is 0 Å². The number of halogens is 1. The molecule has 1 heteroatoms. The first-order valence-electron chi connectivity index (χ1n) is 3.59. The van der Waals surface area contributed by atoms with Gasteiger partial charge in [-0.1, -0.05) is 49.2 Å². The molecule has 0 spiro atoms. The Labute approximate surface area is 67.5 Å². The van der Waals surface area contributed by atoms with Crippen LogP contribution in [0.25, 0.3) is 0 Å². The molecule has 0 aromatic rings. The van der Waals surface area contributed by atoms with Crippen molar-refractivity contribution in [2.75, 3.05) is 0 Å². The first kappa shape index (κ1) is 12.0. The molecule has 0 fully saturated rings. The van der Waals surface area contributed by atoms with E-state index in [4.69, 9.17) is 0 Å². The van der Waals surface area contributed by atoms with Gasteiger partial charge in [-0.15, -0.1) is 0 Å². The molecule has 0 amide bonds. The smallest absolute Gasteiger partial charge is 0.0120 e. The van der Waals surface area contributed by atoms with Crippen LogP contribution in [0.4, 0.5) is 0 Å². The average Bonchev–Trinajstić information content (AvgIpc) is 1.88. The van der Waals surface area contributed by atoms with Crippen molar-refractivity contribution in [3.8, 4) is 0 Å². The van der Waals surface area contributed by atoms with E-state index >= 15 is 0 Å². The van der Waals surface area contributed by atoms with Gasteiger partial charge in [0.1, 0.15) is 0 Å². The summed E-state index contributed by atoms with van der Waals surface area (Å²) in [6, 6.07) is 0. The minimum Gasteiger partial charge on any atom is -0.0747 e. The molecular formula is C8H17Br. The van der Waals surface area contributed by atoms with E-state index < -0.39 is 0 Å². The van der Waals surface area contributed by atoms with Crippen LogP contribution in [0.2, 0.25) is 0 Å². The lowest BCUT2D eigenvalue weighted by atomic mass is 10.3. The van der Waals surface area contributed by atoms with Gasteiger partial charge in [-0.2, -0.15) is 0 Å². The first-order valence-corrected chi connectivity index (χ1v) is 4.39. The Balaban J connectivity index is 0. The van der Waals surface area contributed by atoms with E-state index in [9.17, 15) is 0 Å². The zero-order valence-electron chi connectivity index (χ0n) is 6.87. The lowest BCUT2D eigenvalue weighted by Crippen LogP contribution is -1.60. The standard InChI is InChI=1S/C6H11Br.C2H6/c1-3-4-5-6(2)7;1-2/h5H,3-4H2,1-2H3;1-2H3/b6-5+;. The fourth-order valence-corrected chi connectivity index (χ4v) is 0.572. The third kappa shape index (κ3) is 17.9. The summed E-state index contributed by atoms with van der Waals surface area (Å²) >= 11 is 3.34. The molecule has 0 nitrogen and oxygen atoms in total. The van der Waals surface area contributed by atoms with E-state index in [1.54, 1.807) is 0 Å². The minimum atomic E-state index is 1.19. The summed E-state index contributed by atoms with van der Waals surface area (Å²) in [7, 11) is 0. The van der Waals surface area contributed by atoms with Crippen LogP contribution in [0.15, 0.2) is 10.6 Å². The highest BCUT2D eigenvalue weighted by Gasteiger charge is 1.75. The lowest BCUT2D eigenvalue weighted by Gasteiger charge is -1.83. The Morgan fingerprint density at radius 1 is 1.44 bits per heavy atom. The average molecular weight is 193 g/mol. The van der Waals surface area contributed by atoms with Crippen LogP contribution in [0, 0.1) is 0 Å². The Bertz CT molecular complexity index is 61.0. The quantitative estimate of drug-likeness (QED) is 0.619. The molecule has 0 radical (unpaired) electrons. The van der Waals surface area contributed by atoms with Crippen LogP contribution in [-0.4, -0.2) is 0 Å². The number of unbranched alkanes of at least 4 members (excludes halogenated alkanes) is 1. The Morgan fingerprint density at radius 3 is 2.00 bits per heavy atom. The van der Waals surface area contributed by atoms with Crippen LogP contribution in [0.3, 0.4) is 0 Å². The van der Waals surface area contributed by atoms with Crippen molar-refractivity contribution in [1.29, 1.82) is 0 Å². The zero-order chi connectivity index (χ0) is 7.70. The van der Waals surface area contributed by atoms with Gasteiger partial charge in [0.25, 0.3) is 0 Å². The monoisotopic (exact) mass is 192 g/mol. The largest absolute Gasteiger partial charge is 0.0747 e. The highest BCUT2D eigenvalue weighted by Crippen LogP contribution is 2.03. The minimum absolute atomic E-state index is 1.19. The molecule has 0 unspecified atom stereocenters. The van der Waals surface area contributed by atoms with Crippen molar-refractivity contribution in [1.82, 2.24) is 0 Å². The molecule has 0 aromatic carbocycles. The molecule has 0 bridgehead atoms. The lowest BCUT2D eigenvalue weighted by molar-refractivity contribution is 0.956. The molecule has 0 aliphatic heterocycles. The van der Waals surface area contributed by atoms with Crippen molar-refractivity contribution in [2.45, 2.75) is 40.5 Å². The summed E-state index contributed by atoms with van der Waals surface area (Å²) in [6.07, 6.45) is 4.61. The van der Waals surface area contributed by atoms with Crippen molar-refractivity contribution in [3.63, 3.8) is 0 Å². The van der Waals surface area contributed by atoms with Crippen LogP contribution < -0.4 is 0 Å². The maximum absolute atomic E-state index is 3.34. The van der Waals surface area contributed by atoms with Crippen molar-refractivity contribution in [2.24, 2.45) is 0 Å². The molecule has 0 rings (SSSR count). The maximum Gasteiger partial charge on any atom is -0.0120 e. The Kier molecular flexibility index (Phi) is 14.7. The van der Waals surface area contributed by atoms with E-state index in [2.05, 4.69) is 35.9 Å². The van der Waals surface area contributed by atoms with Crippen molar-refractivity contribution < 1.29 is 0 Å². The highest BCUT2D eigenvalue weighted by atomic mass is 79.9. The number of hydrogen-bond donors (Lipinski definition) is 0. The highest BCUT2D eigenvalue weighted by molar-refractivity contribution is 9.11. The predicted molar refractivity (Wildman–Crippen MR) is 48.9 cm³/mol. The van der Waals surface area contributed by atoms with Gasteiger partial charge in [-0.3, -0.25) is 0 Å². The summed E-state index contributed by atoms with van der Waals surface area (Å²) in [4.78, 5) is 0. The summed E-state index contributed by atoms with van der Waals surface area (Å²) in [5.74, 6) is 0. The fourth-order valence-electron chi connectivity index (χ4n) is 0.343. The Hall–Kier alpha value is 0.220. The van der Waals surface area contributed by atoms with Gasteiger partial charge < -0.3 is 0 Å². The molecule has 0 N–H and O–H groups in total. The summed E-state index contributed by atoms with van der Waals surface area (Å²) in [5, 5.41) is 0. The second kappa shape index (κ2) is 11.1. The molecule has 0 atom stereocenters. The number of rotatable bonds is 2. The second-order valence-electron chi connectivity index (χ2n) is 1.58. The van der Waals surface area contributed by atoms with Gasteiger partial charge in [0.05, 0.1) is 0 Å². The molecular weight excluding hydrogens is 176 g/mol. The van der Waals surface area contributed by atoms with Gasteiger partial charge >= 0.3 is 0 Å². The zero-order valence-corrected chi connectivity index (χ0v) is 8.46. The number of hydrogen-bond acceptors (Lipinski definition) is 0. The molecule has 0 aromatic heterocycles. The third-order valence-electron chi connectivity index (χ3n) is 0.714. The van der Waals surface area contributed by atoms with Gasteiger partial charge in [0.2, 0.25) is 0 Å². The number of allylic oxidation sites excluding steroid dienone is 2. The third-order valence-corrected chi connectivity index (χ3v) is 1.04. The molecule has 0 saturated heterocycles. The molecule has 9 heavy (non-hydrogen) atoms. The normalized spacial score (nSPS) is 10.1. The van der Waals surface area contributed by atoms with E-state index in [1.165, 1.54) is 17.3 Å². The molecule has 56 valence electrons. The SMILES string of the molecule is CC.CCC/C=C(\C)Br. The van der Waals surface area contributed by atoms with Crippen LogP contribution >= 0.6 is 15.9 Å². The molecule has 0 aliphatic rings. The van der Waals surface area contributed by atoms with E-state index in [0.717, 1.165) is 0 Å². The summed E-state index contributed by atoms with van der Waals surface area (Å²) in [5.41, 5.74) is 0. The predicted octanol–water partition coefficient (Wildman–Crippen LogP) is 4.11. The van der Waals surface area contributed by atoms with Crippen LogP contribution in [0.5, 0.6) is 0 Å². The second-order valence-corrected chi connectivity index (χ2v) is 2.83. The van der Waals surface area contributed by atoms with Gasteiger partial charge in [-0.05, 0) is 17.8 Å². The van der Waals surface area contributed by atoms with Crippen LogP contribution in [0.1, 0.15) is 40.5 Å². The van der Waals surface area contributed by atoms with Crippen LogP contribution in [-0.2, 0) is 0 Å². The van der Waals surface area contributed by atoms with E-state index in [1.807, 2.05) is 13.8 Å². The van der Waals surface area contributed by atoms with E-state index in [-0.39, 0.29) is 0 Å². The summed E-state index contributed by atoms with van der Waals surface area (Å²) in [6.45, 7) is 8.22. The molecule has 0 aliphatic carbocycles. The Morgan fingerprint density at radius 2 is 1.89 bits per heavy atom. The van der Waals surface area contributed by atoms with Gasteiger partial charge in [0, 0.05) is 0 Å². The van der Waals surface area contributed by atoms with E-state index in [0.29, 0.717) is 0 Å². The van der Waals surface area contributed by atoms with Crippen molar-refractivity contribution >= 4 is 15.9 Å². The molecule has 0 saturated carbocycles. The maximum atomic E-state index is 3.34. The first-order chi connectivity index (χ1) is 4.27.